The maximum atomic E-state index is 12.5. The largest absolute Gasteiger partial charge is 0.492 e. The number of rotatable bonds is 7. The lowest BCUT2D eigenvalue weighted by Crippen LogP contribution is -2.35. The van der Waals surface area contributed by atoms with Gasteiger partial charge in [-0.2, -0.15) is 5.10 Å². The van der Waals surface area contributed by atoms with Crippen LogP contribution in [0.25, 0.3) is 0 Å². The van der Waals surface area contributed by atoms with E-state index in [1.54, 1.807) is 11.3 Å². The molecule has 0 saturated heterocycles. The van der Waals surface area contributed by atoms with Gasteiger partial charge < -0.3 is 15.4 Å². The Morgan fingerprint density at radius 3 is 2.74 bits per heavy atom. The molecule has 1 aromatic carbocycles. The van der Waals surface area contributed by atoms with Crippen LogP contribution in [-0.2, 0) is 0 Å². The third-order valence-electron chi connectivity index (χ3n) is 4.10. The van der Waals surface area contributed by atoms with Crippen LogP contribution in [0, 0.1) is 13.8 Å². The molecular formula is C20H24N4O2S. The van der Waals surface area contributed by atoms with Gasteiger partial charge in [-0.05, 0) is 50.4 Å². The van der Waals surface area contributed by atoms with E-state index in [0.717, 1.165) is 16.3 Å². The van der Waals surface area contributed by atoms with Gasteiger partial charge in [0.05, 0.1) is 18.0 Å². The van der Waals surface area contributed by atoms with E-state index in [9.17, 15) is 4.79 Å². The highest BCUT2D eigenvalue weighted by Crippen LogP contribution is 2.25. The van der Waals surface area contributed by atoms with Gasteiger partial charge in [0, 0.05) is 17.1 Å². The predicted molar refractivity (Wildman–Crippen MR) is 109 cm³/mol. The molecular weight excluding hydrogens is 360 g/mol. The van der Waals surface area contributed by atoms with Crippen molar-refractivity contribution < 1.29 is 9.53 Å². The van der Waals surface area contributed by atoms with Gasteiger partial charge in [0.25, 0.3) is 0 Å². The number of carbonyl (C=O) groups is 1. The highest BCUT2D eigenvalue weighted by atomic mass is 32.1. The lowest BCUT2D eigenvalue weighted by molar-refractivity contribution is 0.250. The summed E-state index contributed by atoms with van der Waals surface area (Å²) in [5.41, 5.74) is 2.68. The lowest BCUT2D eigenvalue weighted by Gasteiger charge is -2.19. The van der Waals surface area contributed by atoms with E-state index < -0.39 is 0 Å². The zero-order valence-corrected chi connectivity index (χ0v) is 16.5. The number of nitrogens with zero attached hydrogens (tertiary/aromatic N) is 2. The zero-order chi connectivity index (χ0) is 19.2. The number of nitrogens with one attached hydrogen (secondary N) is 2. The van der Waals surface area contributed by atoms with Crippen molar-refractivity contribution in [3.63, 3.8) is 0 Å². The second-order valence-corrected chi connectivity index (χ2v) is 7.15. The third kappa shape index (κ3) is 4.68. The first-order valence-electron chi connectivity index (χ1n) is 8.91. The molecule has 1 atom stereocenters. The standard InChI is InChI=1S/C20H24N4O2S/c1-4-26-18-9-6-5-8-16(18)22-20(25)21-13-17(19-10-7-11-27-19)24-15(3)12-14(2)23-24/h5-12,17H,4,13H2,1-3H3,(H2,21,22,25). The molecule has 3 aromatic rings. The van der Waals surface area contributed by atoms with Gasteiger partial charge in [0.1, 0.15) is 11.8 Å². The van der Waals surface area contributed by atoms with Crippen LogP contribution in [0.5, 0.6) is 5.75 Å². The molecule has 142 valence electrons. The van der Waals surface area contributed by atoms with Crippen LogP contribution < -0.4 is 15.4 Å². The molecule has 0 spiro atoms. The van der Waals surface area contributed by atoms with E-state index >= 15 is 0 Å². The minimum atomic E-state index is -0.273. The average molecular weight is 385 g/mol. The second kappa shape index (κ2) is 8.73. The molecule has 0 aliphatic carbocycles. The molecule has 2 N–H and O–H groups in total. The number of hydrogen-bond donors (Lipinski definition) is 2. The van der Waals surface area contributed by atoms with Crippen molar-refractivity contribution in [2.45, 2.75) is 26.8 Å². The molecule has 3 rings (SSSR count). The minimum Gasteiger partial charge on any atom is -0.492 e. The number of benzene rings is 1. The van der Waals surface area contributed by atoms with Gasteiger partial charge in [-0.1, -0.05) is 18.2 Å². The number of para-hydroxylation sites is 2. The fourth-order valence-corrected chi connectivity index (χ4v) is 3.77. The topological polar surface area (TPSA) is 68.2 Å². The van der Waals surface area contributed by atoms with E-state index in [-0.39, 0.29) is 12.1 Å². The molecule has 1 unspecified atom stereocenters. The number of aryl methyl sites for hydroxylation is 2. The first-order chi connectivity index (χ1) is 13.1. The van der Waals surface area contributed by atoms with Gasteiger partial charge in [0.15, 0.2) is 0 Å². The fraction of sp³-hybridized carbons (Fsp3) is 0.300. The Bertz CT molecular complexity index is 889. The summed E-state index contributed by atoms with van der Waals surface area (Å²) in [6.45, 7) is 6.89. The number of thiophene rings is 1. The summed E-state index contributed by atoms with van der Waals surface area (Å²) in [6, 6.07) is 13.2. The summed E-state index contributed by atoms with van der Waals surface area (Å²) in [6.07, 6.45) is 0. The van der Waals surface area contributed by atoms with Crippen LogP contribution in [0.15, 0.2) is 47.8 Å². The van der Waals surface area contributed by atoms with Gasteiger partial charge in [-0.3, -0.25) is 4.68 Å². The monoisotopic (exact) mass is 384 g/mol. The molecule has 0 aliphatic heterocycles. The maximum Gasteiger partial charge on any atom is 0.319 e. The summed E-state index contributed by atoms with van der Waals surface area (Å²) in [7, 11) is 0. The highest BCUT2D eigenvalue weighted by molar-refractivity contribution is 7.10. The summed E-state index contributed by atoms with van der Waals surface area (Å²) in [5.74, 6) is 0.656. The van der Waals surface area contributed by atoms with Crippen LogP contribution in [0.1, 0.15) is 29.2 Å². The SMILES string of the molecule is CCOc1ccccc1NC(=O)NCC(c1cccs1)n1nc(C)cc1C. The first kappa shape index (κ1) is 19.0. The molecule has 6 nitrogen and oxygen atoms in total. The van der Waals surface area contributed by atoms with Crippen molar-refractivity contribution in [2.24, 2.45) is 0 Å². The van der Waals surface area contributed by atoms with Crippen LogP contribution in [0.2, 0.25) is 0 Å². The number of hydrogen-bond acceptors (Lipinski definition) is 4. The normalized spacial score (nSPS) is 11.8. The Labute approximate surface area is 163 Å². The van der Waals surface area contributed by atoms with Crippen molar-refractivity contribution in [3.05, 3.63) is 64.1 Å². The maximum absolute atomic E-state index is 12.5. The van der Waals surface area contributed by atoms with Crippen molar-refractivity contribution in [1.29, 1.82) is 0 Å². The van der Waals surface area contributed by atoms with Gasteiger partial charge >= 0.3 is 6.03 Å². The Balaban J connectivity index is 1.71. The molecule has 0 saturated carbocycles. The molecule has 2 aromatic heterocycles. The van der Waals surface area contributed by atoms with Crippen molar-refractivity contribution in [1.82, 2.24) is 15.1 Å². The van der Waals surface area contributed by atoms with Crippen molar-refractivity contribution >= 4 is 23.1 Å². The minimum absolute atomic E-state index is 0.0495. The zero-order valence-electron chi connectivity index (χ0n) is 15.7. The molecule has 0 fully saturated rings. The lowest BCUT2D eigenvalue weighted by atomic mass is 10.2. The van der Waals surface area contributed by atoms with Gasteiger partial charge in [-0.15, -0.1) is 11.3 Å². The van der Waals surface area contributed by atoms with E-state index in [4.69, 9.17) is 4.74 Å². The van der Waals surface area contributed by atoms with E-state index in [1.807, 2.05) is 67.2 Å². The van der Waals surface area contributed by atoms with Crippen LogP contribution in [0.4, 0.5) is 10.5 Å². The summed E-state index contributed by atoms with van der Waals surface area (Å²) in [5, 5.41) is 12.5. The molecule has 2 heterocycles. The average Bonchev–Trinajstić information content (AvgIpc) is 3.27. The van der Waals surface area contributed by atoms with Crippen molar-refractivity contribution in [3.8, 4) is 5.75 Å². The molecule has 7 heteroatoms. The molecule has 0 radical (unpaired) electrons. The Morgan fingerprint density at radius 2 is 2.07 bits per heavy atom. The Morgan fingerprint density at radius 1 is 1.26 bits per heavy atom. The Kier molecular flexibility index (Phi) is 6.13. The van der Waals surface area contributed by atoms with Crippen LogP contribution in [-0.4, -0.2) is 29.0 Å². The van der Waals surface area contributed by atoms with E-state index in [0.29, 0.717) is 24.6 Å². The number of anilines is 1. The van der Waals surface area contributed by atoms with Gasteiger partial charge in [-0.25, -0.2) is 4.79 Å². The van der Waals surface area contributed by atoms with E-state index in [1.165, 1.54) is 0 Å². The third-order valence-corrected chi connectivity index (χ3v) is 5.08. The number of amides is 2. The molecule has 0 bridgehead atoms. The molecule has 27 heavy (non-hydrogen) atoms. The second-order valence-electron chi connectivity index (χ2n) is 6.17. The molecule has 2 amide bonds. The number of carbonyl (C=O) groups excluding carboxylic acids is 1. The predicted octanol–water partition coefficient (Wildman–Crippen LogP) is 4.37. The molecule has 0 aliphatic rings. The highest BCUT2D eigenvalue weighted by Gasteiger charge is 2.19. The fourth-order valence-electron chi connectivity index (χ4n) is 2.96. The number of ether oxygens (including phenoxy) is 1. The van der Waals surface area contributed by atoms with Crippen molar-refractivity contribution in [2.75, 3.05) is 18.5 Å². The number of urea groups is 1. The van der Waals surface area contributed by atoms with E-state index in [2.05, 4.69) is 21.8 Å². The van der Waals surface area contributed by atoms with Crippen LogP contribution in [0.3, 0.4) is 0 Å². The first-order valence-corrected chi connectivity index (χ1v) is 9.79. The summed E-state index contributed by atoms with van der Waals surface area (Å²) < 4.78 is 7.52. The Hall–Kier alpha value is -2.80. The number of aromatic nitrogens is 2. The smallest absolute Gasteiger partial charge is 0.319 e. The summed E-state index contributed by atoms with van der Waals surface area (Å²) >= 11 is 1.66. The van der Waals surface area contributed by atoms with Crippen LogP contribution >= 0.6 is 11.3 Å². The summed E-state index contributed by atoms with van der Waals surface area (Å²) in [4.78, 5) is 13.6. The quantitative estimate of drug-likeness (QED) is 0.635. The van der Waals surface area contributed by atoms with Gasteiger partial charge in [0.2, 0.25) is 0 Å².